The highest BCUT2D eigenvalue weighted by Crippen LogP contribution is 2.31. The van der Waals surface area contributed by atoms with Gasteiger partial charge in [0, 0.05) is 15.7 Å². The van der Waals surface area contributed by atoms with Crippen LogP contribution in [0.4, 0.5) is 0 Å². The molecule has 0 radical (unpaired) electrons. The van der Waals surface area contributed by atoms with E-state index in [0.717, 1.165) is 10.3 Å². The number of benzene rings is 2. The molecule has 13 heavy (non-hydrogen) atoms. The van der Waals surface area contributed by atoms with E-state index in [0.29, 0.717) is 5.39 Å². The molecule has 2 N–H and O–H groups in total. The molecule has 0 saturated carbocycles. The Morgan fingerprint density at radius 2 is 1.69 bits per heavy atom. The first kappa shape index (κ1) is 8.26. The Labute approximate surface area is 80.9 Å². The van der Waals surface area contributed by atoms with Gasteiger partial charge in [0.25, 0.3) is 0 Å². The van der Waals surface area contributed by atoms with Crippen LogP contribution in [0.3, 0.4) is 0 Å². The van der Waals surface area contributed by atoms with Crippen molar-refractivity contribution in [1.82, 2.24) is 0 Å². The Morgan fingerprint density at radius 3 is 2.46 bits per heavy atom. The highest BCUT2D eigenvalue weighted by atomic mass is 32.1. The Hall–Kier alpha value is -1.35. The molecule has 2 nitrogen and oxygen atoms in total. The van der Waals surface area contributed by atoms with Gasteiger partial charge in [-0.3, -0.25) is 0 Å². The second-order valence-corrected chi connectivity index (χ2v) is 3.32. The summed E-state index contributed by atoms with van der Waals surface area (Å²) in [6.07, 6.45) is 0. The van der Waals surface area contributed by atoms with Crippen LogP contribution in [0.1, 0.15) is 0 Å². The first-order valence-corrected chi connectivity index (χ1v) is 4.27. The average Bonchev–Trinajstić information content (AvgIpc) is 2.12. The summed E-state index contributed by atoms with van der Waals surface area (Å²) in [7, 11) is 0. The largest absolute Gasteiger partial charge is 0.508 e. The summed E-state index contributed by atoms with van der Waals surface area (Å²) in [5.74, 6) is 0.376. The number of hydrogen-bond donors (Lipinski definition) is 3. The molecule has 0 unspecified atom stereocenters. The fourth-order valence-electron chi connectivity index (χ4n) is 1.30. The summed E-state index contributed by atoms with van der Waals surface area (Å²) in [4.78, 5) is 0.740. The van der Waals surface area contributed by atoms with Gasteiger partial charge in [-0.25, -0.2) is 0 Å². The number of thiol groups is 1. The maximum atomic E-state index is 9.47. The standard InChI is InChI=1S/C10H8O2S/c11-6-1-2-7-8(5-6)10(13)4-3-9(7)12/h1-5,11-13H. The van der Waals surface area contributed by atoms with Crippen LogP contribution in [0.5, 0.6) is 11.5 Å². The molecule has 2 aromatic rings. The van der Waals surface area contributed by atoms with Crippen molar-refractivity contribution in [3.8, 4) is 11.5 Å². The Morgan fingerprint density at radius 1 is 0.923 bits per heavy atom. The summed E-state index contributed by atoms with van der Waals surface area (Å²) < 4.78 is 0. The molecule has 2 rings (SSSR count). The van der Waals surface area contributed by atoms with Crippen LogP contribution in [-0.4, -0.2) is 10.2 Å². The molecule has 0 amide bonds. The molecule has 0 atom stereocenters. The fraction of sp³-hybridized carbons (Fsp3) is 0. The van der Waals surface area contributed by atoms with E-state index in [1.807, 2.05) is 0 Å². The van der Waals surface area contributed by atoms with Crippen molar-refractivity contribution in [3.05, 3.63) is 30.3 Å². The molecule has 2 aromatic carbocycles. The van der Waals surface area contributed by atoms with Crippen LogP contribution in [0.2, 0.25) is 0 Å². The third-order valence-electron chi connectivity index (χ3n) is 1.95. The maximum absolute atomic E-state index is 9.47. The van der Waals surface area contributed by atoms with Gasteiger partial charge in [-0.05, 0) is 30.3 Å². The molecule has 0 aliphatic rings. The van der Waals surface area contributed by atoms with Gasteiger partial charge < -0.3 is 10.2 Å². The van der Waals surface area contributed by atoms with Crippen LogP contribution in [0.15, 0.2) is 35.2 Å². The molecule has 0 saturated heterocycles. The van der Waals surface area contributed by atoms with Crippen molar-refractivity contribution in [2.24, 2.45) is 0 Å². The smallest absolute Gasteiger partial charge is 0.123 e. The van der Waals surface area contributed by atoms with Gasteiger partial charge in [-0.15, -0.1) is 12.6 Å². The van der Waals surface area contributed by atoms with Gasteiger partial charge in [0.2, 0.25) is 0 Å². The molecule has 0 aromatic heterocycles. The number of fused-ring (bicyclic) bond motifs is 1. The lowest BCUT2D eigenvalue weighted by Gasteiger charge is -2.03. The second-order valence-electron chi connectivity index (χ2n) is 2.83. The lowest BCUT2D eigenvalue weighted by atomic mass is 10.1. The maximum Gasteiger partial charge on any atom is 0.123 e. The molecule has 0 aliphatic carbocycles. The molecule has 0 spiro atoms. The number of aromatic hydroxyl groups is 2. The van der Waals surface area contributed by atoms with Crippen molar-refractivity contribution in [2.75, 3.05) is 0 Å². The molecule has 0 heterocycles. The van der Waals surface area contributed by atoms with E-state index in [4.69, 9.17) is 0 Å². The van der Waals surface area contributed by atoms with Crippen molar-refractivity contribution >= 4 is 23.4 Å². The van der Waals surface area contributed by atoms with Gasteiger partial charge in [0.15, 0.2) is 0 Å². The molecule has 0 bridgehead atoms. The first-order chi connectivity index (χ1) is 6.18. The van der Waals surface area contributed by atoms with Crippen LogP contribution >= 0.6 is 12.6 Å². The van der Waals surface area contributed by atoms with Gasteiger partial charge in [0.05, 0.1) is 0 Å². The van der Waals surface area contributed by atoms with Gasteiger partial charge in [-0.2, -0.15) is 0 Å². The lowest BCUT2D eigenvalue weighted by Crippen LogP contribution is -1.76. The fourth-order valence-corrected chi connectivity index (χ4v) is 1.56. The topological polar surface area (TPSA) is 40.5 Å². The van der Waals surface area contributed by atoms with E-state index in [1.165, 1.54) is 6.07 Å². The van der Waals surface area contributed by atoms with E-state index in [2.05, 4.69) is 12.6 Å². The molecule has 3 heteroatoms. The SMILES string of the molecule is Oc1ccc2c(O)ccc(S)c2c1. The second kappa shape index (κ2) is 2.85. The third-order valence-corrected chi connectivity index (χ3v) is 2.34. The van der Waals surface area contributed by atoms with Crippen molar-refractivity contribution < 1.29 is 10.2 Å². The Balaban J connectivity index is 2.92. The lowest BCUT2D eigenvalue weighted by molar-refractivity contribution is 0.475. The molecule has 0 aliphatic heterocycles. The van der Waals surface area contributed by atoms with Crippen LogP contribution in [0, 0.1) is 0 Å². The Kier molecular flexibility index (Phi) is 1.81. The average molecular weight is 192 g/mol. The normalized spacial score (nSPS) is 10.5. The molecule has 0 fully saturated rings. The predicted molar refractivity (Wildman–Crippen MR) is 54.5 cm³/mol. The number of phenolic OH excluding ortho intramolecular Hbond substituents is 2. The highest BCUT2D eigenvalue weighted by Gasteiger charge is 2.02. The van der Waals surface area contributed by atoms with Crippen molar-refractivity contribution in [2.45, 2.75) is 4.90 Å². The van der Waals surface area contributed by atoms with E-state index in [-0.39, 0.29) is 11.5 Å². The van der Waals surface area contributed by atoms with Crippen LogP contribution in [-0.2, 0) is 0 Å². The molecular weight excluding hydrogens is 184 g/mol. The van der Waals surface area contributed by atoms with Gasteiger partial charge in [0.1, 0.15) is 11.5 Å². The Bertz CT molecular complexity index is 466. The van der Waals surface area contributed by atoms with Gasteiger partial charge in [-0.1, -0.05) is 0 Å². The van der Waals surface area contributed by atoms with E-state index < -0.39 is 0 Å². The minimum atomic E-state index is 0.174. The molecule has 66 valence electrons. The minimum Gasteiger partial charge on any atom is -0.508 e. The summed E-state index contributed by atoms with van der Waals surface area (Å²) in [6.45, 7) is 0. The van der Waals surface area contributed by atoms with Crippen LogP contribution in [0.25, 0.3) is 10.8 Å². The highest BCUT2D eigenvalue weighted by molar-refractivity contribution is 7.80. The summed E-state index contributed by atoms with van der Waals surface area (Å²) in [5, 5.41) is 20.2. The van der Waals surface area contributed by atoms with Crippen molar-refractivity contribution in [1.29, 1.82) is 0 Å². The van der Waals surface area contributed by atoms with Crippen molar-refractivity contribution in [3.63, 3.8) is 0 Å². The van der Waals surface area contributed by atoms with Gasteiger partial charge >= 0.3 is 0 Å². The summed E-state index contributed by atoms with van der Waals surface area (Å²) >= 11 is 4.22. The van der Waals surface area contributed by atoms with Crippen LogP contribution < -0.4 is 0 Å². The quantitative estimate of drug-likeness (QED) is 0.561. The zero-order valence-electron chi connectivity index (χ0n) is 6.73. The zero-order valence-corrected chi connectivity index (χ0v) is 7.62. The zero-order chi connectivity index (χ0) is 9.42. The number of phenols is 2. The minimum absolute atomic E-state index is 0.174. The summed E-state index contributed by atoms with van der Waals surface area (Å²) in [6, 6.07) is 8.06. The molecular formula is C10H8O2S. The predicted octanol–water partition coefficient (Wildman–Crippen LogP) is 2.54. The van der Waals surface area contributed by atoms with E-state index >= 15 is 0 Å². The number of hydrogen-bond acceptors (Lipinski definition) is 3. The third kappa shape index (κ3) is 1.31. The first-order valence-electron chi connectivity index (χ1n) is 3.82. The summed E-state index contributed by atoms with van der Waals surface area (Å²) in [5.41, 5.74) is 0. The number of rotatable bonds is 0. The van der Waals surface area contributed by atoms with E-state index in [1.54, 1.807) is 24.3 Å². The monoisotopic (exact) mass is 192 g/mol. The van der Waals surface area contributed by atoms with E-state index in [9.17, 15) is 10.2 Å².